The first-order valence-corrected chi connectivity index (χ1v) is 7.99. The van der Waals surface area contributed by atoms with Gasteiger partial charge in [0.05, 0.1) is 6.61 Å². The molecule has 3 rings (SSSR count). The molecule has 0 bridgehead atoms. The van der Waals surface area contributed by atoms with Gasteiger partial charge < -0.3 is 10.1 Å². The Labute approximate surface area is 135 Å². The second-order valence-electron chi connectivity index (χ2n) is 5.22. The number of nitrogens with one attached hydrogen (secondary N) is 1. The molecule has 0 unspecified atom stereocenters. The maximum absolute atomic E-state index is 5.59. The Bertz CT molecular complexity index is 769. The SMILES string of the molecule is CCCCn1c(Nc2ccccc2)nc2c(OCC)ncnc21. The van der Waals surface area contributed by atoms with E-state index in [0.29, 0.717) is 18.0 Å². The zero-order valence-corrected chi connectivity index (χ0v) is 13.5. The zero-order valence-electron chi connectivity index (χ0n) is 13.5. The molecule has 1 aromatic carbocycles. The molecule has 2 heterocycles. The molecule has 0 spiro atoms. The van der Waals surface area contributed by atoms with Crippen molar-refractivity contribution in [1.29, 1.82) is 0 Å². The molecule has 0 amide bonds. The smallest absolute Gasteiger partial charge is 0.245 e. The quantitative estimate of drug-likeness (QED) is 0.719. The maximum atomic E-state index is 5.59. The summed E-state index contributed by atoms with van der Waals surface area (Å²) in [5.41, 5.74) is 2.49. The van der Waals surface area contributed by atoms with Crippen LogP contribution in [0.1, 0.15) is 26.7 Å². The van der Waals surface area contributed by atoms with Crippen molar-refractivity contribution in [3.8, 4) is 5.88 Å². The first kappa shape index (κ1) is 15.3. The highest BCUT2D eigenvalue weighted by molar-refractivity contribution is 5.80. The van der Waals surface area contributed by atoms with Crippen LogP contribution in [0, 0.1) is 0 Å². The van der Waals surface area contributed by atoms with E-state index in [1.807, 2.05) is 37.3 Å². The summed E-state index contributed by atoms with van der Waals surface area (Å²) in [7, 11) is 0. The second kappa shape index (κ2) is 7.09. The van der Waals surface area contributed by atoms with Gasteiger partial charge in [0.2, 0.25) is 11.8 Å². The first-order chi connectivity index (χ1) is 11.3. The van der Waals surface area contributed by atoms with Crippen LogP contribution in [0.2, 0.25) is 0 Å². The van der Waals surface area contributed by atoms with Crippen LogP contribution in [0.4, 0.5) is 11.6 Å². The number of imidazole rings is 1. The Morgan fingerprint density at radius 3 is 2.70 bits per heavy atom. The van der Waals surface area contributed by atoms with Crippen molar-refractivity contribution >= 4 is 22.8 Å². The van der Waals surface area contributed by atoms with Crippen LogP contribution in [0.3, 0.4) is 0 Å². The number of anilines is 2. The van der Waals surface area contributed by atoms with Gasteiger partial charge in [0.25, 0.3) is 0 Å². The molecule has 0 saturated heterocycles. The van der Waals surface area contributed by atoms with Crippen molar-refractivity contribution in [3.63, 3.8) is 0 Å². The highest BCUT2D eigenvalue weighted by Crippen LogP contribution is 2.26. The van der Waals surface area contributed by atoms with Crippen LogP contribution >= 0.6 is 0 Å². The predicted octanol–water partition coefficient (Wildman–Crippen LogP) is 3.77. The summed E-state index contributed by atoms with van der Waals surface area (Å²) in [6.45, 7) is 5.51. The van der Waals surface area contributed by atoms with Crippen molar-refractivity contribution in [2.24, 2.45) is 0 Å². The summed E-state index contributed by atoms with van der Waals surface area (Å²) in [6.07, 6.45) is 3.69. The molecule has 0 aliphatic rings. The number of benzene rings is 1. The van der Waals surface area contributed by atoms with Gasteiger partial charge in [-0.15, -0.1) is 0 Å². The molecule has 0 saturated carbocycles. The second-order valence-corrected chi connectivity index (χ2v) is 5.22. The van der Waals surface area contributed by atoms with E-state index in [0.717, 1.165) is 36.7 Å². The largest absolute Gasteiger partial charge is 0.476 e. The summed E-state index contributed by atoms with van der Waals surface area (Å²) in [5.74, 6) is 1.30. The molecule has 3 aromatic rings. The molecule has 6 nitrogen and oxygen atoms in total. The van der Waals surface area contributed by atoms with Gasteiger partial charge in [-0.3, -0.25) is 4.57 Å². The van der Waals surface area contributed by atoms with Crippen LogP contribution in [-0.4, -0.2) is 26.1 Å². The monoisotopic (exact) mass is 311 g/mol. The third-order valence-corrected chi connectivity index (χ3v) is 3.54. The van der Waals surface area contributed by atoms with E-state index < -0.39 is 0 Å². The fraction of sp³-hybridized carbons (Fsp3) is 0.353. The predicted molar refractivity (Wildman–Crippen MR) is 91.1 cm³/mol. The maximum Gasteiger partial charge on any atom is 0.245 e. The number of ether oxygens (including phenoxy) is 1. The van der Waals surface area contributed by atoms with Gasteiger partial charge >= 0.3 is 0 Å². The van der Waals surface area contributed by atoms with E-state index in [-0.39, 0.29) is 0 Å². The minimum absolute atomic E-state index is 0.531. The molecular weight excluding hydrogens is 290 g/mol. The van der Waals surface area contributed by atoms with Crippen LogP contribution < -0.4 is 10.1 Å². The Balaban J connectivity index is 2.05. The van der Waals surface area contributed by atoms with Crippen LogP contribution in [0.25, 0.3) is 11.2 Å². The zero-order chi connectivity index (χ0) is 16.1. The summed E-state index contributed by atoms with van der Waals surface area (Å²) in [4.78, 5) is 13.3. The van der Waals surface area contributed by atoms with E-state index >= 15 is 0 Å². The number of unbranched alkanes of at least 4 members (excludes halogenated alkanes) is 1. The van der Waals surface area contributed by atoms with Crippen molar-refractivity contribution in [2.45, 2.75) is 33.2 Å². The number of hydrogen-bond acceptors (Lipinski definition) is 5. The third-order valence-electron chi connectivity index (χ3n) is 3.54. The van der Waals surface area contributed by atoms with Crippen LogP contribution in [-0.2, 0) is 6.54 Å². The highest BCUT2D eigenvalue weighted by Gasteiger charge is 2.16. The number of rotatable bonds is 7. The van der Waals surface area contributed by atoms with E-state index in [1.165, 1.54) is 6.33 Å². The Kier molecular flexibility index (Phi) is 4.71. The minimum atomic E-state index is 0.531. The van der Waals surface area contributed by atoms with Gasteiger partial charge in [-0.1, -0.05) is 31.5 Å². The van der Waals surface area contributed by atoms with Gasteiger partial charge in [-0.2, -0.15) is 4.98 Å². The Morgan fingerprint density at radius 2 is 1.96 bits per heavy atom. The van der Waals surface area contributed by atoms with Crippen LogP contribution in [0.15, 0.2) is 36.7 Å². The van der Waals surface area contributed by atoms with Crippen LogP contribution in [0.5, 0.6) is 5.88 Å². The average Bonchev–Trinajstić information content (AvgIpc) is 2.92. The lowest BCUT2D eigenvalue weighted by Crippen LogP contribution is -2.05. The van der Waals surface area contributed by atoms with Gasteiger partial charge in [0.15, 0.2) is 11.2 Å². The van der Waals surface area contributed by atoms with E-state index in [2.05, 4.69) is 31.8 Å². The molecule has 2 aromatic heterocycles. The average molecular weight is 311 g/mol. The minimum Gasteiger partial charge on any atom is -0.476 e. The molecule has 0 radical (unpaired) electrons. The fourth-order valence-electron chi connectivity index (χ4n) is 2.43. The van der Waals surface area contributed by atoms with Crippen molar-refractivity contribution in [2.75, 3.05) is 11.9 Å². The molecule has 0 fully saturated rings. The lowest BCUT2D eigenvalue weighted by Gasteiger charge is -2.09. The van der Waals surface area contributed by atoms with E-state index in [4.69, 9.17) is 4.74 Å². The molecule has 23 heavy (non-hydrogen) atoms. The lowest BCUT2D eigenvalue weighted by molar-refractivity contribution is 0.330. The molecular formula is C17H21N5O. The third kappa shape index (κ3) is 3.26. The molecule has 0 aliphatic heterocycles. The van der Waals surface area contributed by atoms with Crippen molar-refractivity contribution in [3.05, 3.63) is 36.7 Å². The highest BCUT2D eigenvalue weighted by atomic mass is 16.5. The van der Waals surface area contributed by atoms with Crippen molar-refractivity contribution < 1.29 is 4.74 Å². The summed E-state index contributed by atoms with van der Waals surface area (Å²) < 4.78 is 7.68. The summed E-state index contributed by atoms with van der Waals surface area (Å²) >= 11 is 0. The number of aromatic nitrogens is 4. The molecule has 1 N–H and O–H groups in total. The number of hydrogen-bond donors (Lipinski definition) is 1. The number of para-hydroxylation sites is 1. The Hall–Kier alpha value is -2.63. The van der Waals surface area contributed by atoms with E-state index in [9.17, 15) is 0 Å². The summed E-state index contributed by atoms with van der Waals surface area (Å²) in [6, 6.07) is 10.0. The fourth-order valence-corrected chi connectivity index (χ4v) is 2.43. The Morgan fingerprint density at radius 1 is 1.13 bits per heavy atom. The standard InChI is InChI=1S/C17H21N5O/c1-3-5-11-22-15-14(16(23-4-2)19-12-18-15)21-17(22)20-13-9-7-6-8-10-13/h6-10,12H,3-5,11H2,1-2H3,(H,20,21). The van der Waals surface area contributed by atoms with Gasteiger partial charge in [-0.25, -0.2) is 9.97 Å². The molecule has 0 aliphatic carbocycles. The summed E-state index contributed by atoms with van der Waals surface area (Å²) in [5, 5.41) is 3.37. The van der Waals surface area contributed by atoms with E-state index in [1.54, 1.807) is 0 Å². The van der Waals surface area contributed by atoms with Gasteiger partial charge in [0.1, 0.15) is 6.33 Å². The number of fused-ring (bicyclic) bond motifs is 1. The number of nitrogens with zero attached hydrogens (tertiary/aromatic N) is 4. The lowest BCUT2D eigenvalue weighted by atomic mass is 10.3. The molecule has 0 atom stereocenters. The van der Waals surface area contributed by atoms with Crippen molar-refractivity contribution in [1.82, 2.24) is 19.5 Å². The number of aryl methyl sites for hydroxylation is 1. The van der Waals surface area contributed by atoms with Gasteiger partial charge in [-0.05, 0) is 25.5 Å². The molecule has 120 valence electrons. The normalized spacial score (nSPS) is 10.9. The topological polar surface area (TPSA) is 64.9 Å². The molecule has 6 heteroatoms. The first-order valence-electron chi connectivity index (χ1n) is 7.99. The van der Waals surface area contributed by atoms with Gasteiger partial charge in [0, 0.05) is 12.2 Å².